The lowest BCUT2D eigenvalue weighted by Gasteiger charge is -2.29. The molecule has 1 aliphatic heterocycles. The van der Waals surface area contributed by atoms with Gasteiger partial charge in [-0.3, -0.25) is 9.78 Å². The van der Waals surface area contributed by atoms with Crippen molar-refractivity contribution in [3.63, 3.8) is 0 Å². The molecule has 40 heavy (non-hydrogen) atoms. The van der Waals surface area contributed by atoms with Gasteiger partial charge in [0.15, 0.2) is 5.11 Å². The molecular formula is C31H31N5O3S. The smallest absolute Gasteiger partial charge is 0.339 e. The number of nitrogens with one attached hydrogen (secondary N) is 2. The first-order chi connectivity index (χ1) is 19.5. The number of carbonyl (C=O) groups excluding carboxylic acids is 2. The first-order valence-electron chi connectivity index (χ1n) is 13.2. The van der Waals surface area contributed by atoms with Gasteiger partial charge in [0, 0.05) is 36.7 Å². The van der Waals surface area contributed by atoms with Gasteiger partial charge in [0.1, 0.15) is 0 Å². The SMILES string of the molecule is CCc1ccccc1NC(=O)CCN1C(=S)NC(c2ccccn2)C1c1cccn1-c1ccccc1C(=O)OC. The lowest BCUT2D eigenvalue weighted by Crippen LogP contribution is -2.33. The zero-order chi connectivity index (χ0) is 28.1. The second-order valence-electron chi connectivity index (χ2n) is 9.44. The van der Waals surface area contributed by atoms with Crippen LogP contribution in [0.25, 0.3) is 5.69 Å². The molecule has 1 fully saturated rings. The number of hydrogen-bond donors (Lipinski definition) is 2. The molecule has 0 spiro atoms. The Labute approximate surface area is 239 Å². The van der Waals surface area contributed by atoms with Crippen molar-refractivity contribution < 1.29 is 14.3 Å². The number of aryl methyl sites for hydroxylation is 1. The molecule has 2 aromatic carbocycles. The van der Waals surface area contributed by atoms with Crippen molar-refractivity contribution in [2.24, 2.45) is 0 Å². The number of thiocarbonyl (C=S) groups is 1. The Morgan fingerprint density at radius 2 is 1.80 bits per heavy atom. The molecule has 4 aromatic rings. The highest BCUT2D eigenvalue weighted by Crippen LogP contribution is 2.40. The average molecular weight is 554 g/mol. The minimum absolute atomic E-state index is 0.0878. The lowest BCUT2D eigenvalue weighted by atomic mass is 10.0. The van der Waals surface area contributed by atoms with Crippen LogP contribution in [-0.4, -0.2) is 45.1 Å². The average Bonchev–Trinajstić information content (AvgIpc) is 3.60. The number of hydrogen-bond acceptors (Lipinski definition) is 5. The molecule has 2 unspecified atom stereocenters. The van der Waals surface area contributed by atoms with Gasteiger partial charge in [-0.2, -0.15) is 0 Å². The molecule has 5 rings (SSSR count). The quantitative estimate of drug-likeness (QED) is 0.217. The van der Waals surface area contributed by atoms with E-state index in [0.29, 0.717) is 22.9 Å². The van der Waals surface area contributed by atoms with Crippen LogP contribution in [0, 0.1) is 0 Å². The number of rotatable bonds is 9. The van der Waals surface area contributed by atoms with E-state index in [-0.39, 0.29) is 24.4 Å². The Morgan fingerprint density at radius 3 is 2.58 bits per heavy atom. The van der Waals surface area contributed by atoms with E-state index < -0.39 is 5.97 Å². The maximum atomic E-state index is 13.1. The second-order valence-corrected chi connectivity index (χ2v) is 9.83. The summed E-state index contributed by atoms with van der Waals surface area (Å²) in [6.45, 7) is 2.46. The summed E-state index contributed by atoms with van der Waals surface area (Å²) in [4.78, 5) is 32.3. The van der Waals surface area contributed by atoms with Crippen LogP contribution >= 0.6 is 12.2 Å². The molecule has 0 aliphatic carbocycles. The number of carbonyl (C=O) groups is 2. The highest BCUT2D eigenvalue weighted by Gasteiger charge is 2.41. The summed E-state index contributed by atoms with van der Waals surface area (Å²) in [5.41, 5.74) is 4.79. The van der Waals surface area contributed by atoms with Gasteiger partial charge in [-0.1, -0.05) is 43.3 Å². The van der Waals surface area contributed by atoms with Gasteiger partial charge in [0.25, 0.3) is 0 Å². The van der Waals surface area contributed by atoms with Crippen LogP contribution in [0.2, 0.25) is 0 Å². The van der Waals surface area contributed by atoms with E-state index in [9.17, 15) is 9.59 Å². The lowest BCUT2D eigenvalue weighted by molar-refractivity contribution is -0.116. The number of methoxy groups -OCH3 is 1. The van der Waals surface area contributed by atoms with Crippen molar-refractivity contribution in [2.75, 3.05) is 19.0 Å². The molecule has 0 bridgehead atoms. The Bertz CT molecular complexity index is 1520. The molecule has 1 saturated heterocycles. The summed E-state index contributed by atoms with van der Waals surface area (Å²) in [6, 6.07) is 24.3. The van der Waals surface area contributed by atoms with Crippen LogP contribution in [0.4, 0.5) is 5.69 Å². The summed E-state index contributed by atoms with van der Waals surface area (Å²) in [6.07, 6.45) is 4.74. The number of aromatic nitrogens is 2. The van der Waals surface area contributed by atoms with Crippen LogP contribution in [0.3, 0.4) is 0 Å². The molecule has 0 saturated carbocycles. The number of amides is 1. The molecule has 3 heterocycles. The fraction of sp³-hybridized carbons (Fsp3) is 0.226. The van der Waals surface area contributed by atoms with E-state index >= 15 is 0 Å². The first-order valence-corrected chi connectivity index (χ1v) is 13.6. The molecule has 2 aromatic heterocycles. The van der Waals surface area contributed by atoms with Crippen LogP contribution in [0.15, 0.2) is 91.3 Å². The van der Waals surface area contributed by atoms with Crippen LogP contribution in [-0.2, 0) is 16.0 Å². The monoisotopic (exact) mass is 553 g/mol. The minimum Gasteiger partial charge on any atom is -0.465 e. The van der Waals surface area contributed by atoms with E-state index in [4.69, 9.17) is 17.0 Å². The minimum atomic E-state index is -0.419. The Morgan fingerprint density at radius 1 is 1.02 bits per heavy atom. The Balaban J connectivity index is 1.48. The number of ether oxygens (including phenoxy) is 1. The number of para-hydroxylation sites is 2. The second kappa shape index (κ2) is 12.1. The van der Waals surface area contributed by atoms with Crippen molar-refractivity contribution in [3.05, 3.63) is 114 Å². The molecule has 1 aliphatic rings. The molecule has 0 radical (unpaired) electrons. The summed E-state index contributed by atoms with van der Waals surface area (Å²) >= 11 is 5.81. The highest BCUT2D eigenvalue weighted by atomic mass is 32.1. The Hall–Kier alpha value is -4.50. The molecule has 1 amide bonds. The zero-order valence-electron chi connectivity index (χ0n) is 22.4. The standard InChI is InChI=1S/C31H31N5O3S/c1-3-21-11-4-6-13-23(21)33-27(37)17-20-36-29(28(34-31(36)40)24-14-8-9-18-32-24)26-16-10-19-35(26)25-15-7-5-12-22(25)30(38)39-2/h4-16,18-19,28-29H,3,17,20H2,1-2H3,(H,33,37)(H,34,40). The van der Waals surface area contributed by atoms with E-state index in [0.717, 1.165) is 29.1 Å². The number of anilines is 1. The molecule has 9 heteroatoms. The third-order valence-electron chi connectivity index (χ3n) is 7.10. The maximum absolute atomic E-state index is 13.1. The Kier molecular flexibility index (Phi) is 8.21. The maximum Gasteiger partial charge on any atom is 0.339 e. The van der Waals surface area contributed by atoms with Crippen LogP contribution in [0.5, 0.6) is 0 Å². The summed E-state index contributed by atoms with van der Waals surface area (Å²) in [5, 5.41) is 7.03. The third kappa shape index (κ3) is 5.46. The molecule has 2 N–H and O–H groups in total. The van der Waals surface area contributed by atoms with Gasteiger partial charge in [-0.25, -0.2) is 4.79 Å². The van der Waals surface area contributed by atoms with E-state index in [1.54, 1.807) is 12.3 Å². The van der Waals surface area contributed by atoms with E-state index in [2.05, 4.69) is 22.5 Å². The van der Waals surface area contributed by atoms with Gasteiger partial charge in [-0.15, -0.1) is 0 Å². The number of pyridine rings is 1. The summed E-state index contributed by atoms with van der Waals surface area (Å²) < 4.78 is 7.03. The van der Waals surface area contributed by atoms with Gasteiger partial charge in [0.05, 0.1) is 36.1 Å². The van der Waals surface area contributed by atoms with Gasteiger partial charge >= 0.3 is 5.97 Å². The van der Waals surface area contributed by atoms with Crippen LogP contribution < -0.4 is 10.6 Å². The predicted molar refractivity (Wildman–Crippen MR) is 158 cm³/mol. The first kappa shape index (κ1) is 27.1. The van der Waals surface area contributed by atoms with Crippen molar-refractivity contribution >= 4 is 34.9 Å². The van der Waals surface area contributed by atoms with E-state index in [1.807, 2.05) is 88.5 Å². The fourth-order valence-electron chi connectivity index (χ4n) is 5.17. The van der Waals surface area contributed by atoms with E-state index in [1.165, 1.54) is 7.11 Å². The van der Waals surface area contributed by atoms with Crippen LogP contribution in [0.1, 0.15) is 52.7 Å². The third-order valence-corrected chi connectivity index (χ3v) is 7.45. The number of benzene rings is 2. The number of esters is 1. The summed E-state index contributed by atoms with van der Waals surface area (Å²) in [7, 11) is 1.37. The fourth-order valence-corrected chi connectivity index (χ4v) is 5.51. The molecular weight excluding hydrogens is 522 g/mol. The van der Waals surface area contributed by atoms with Crippen molar-refractivity contribution in [2.45, 2.75) is 31.8 Å². The van der Waals surface area contributed by atoms with Crippen molar-refractivity contribution in [3.8, 4) is 5.69 Å². The van der Waals surface area contributed by atoms with Gasteiger partial charge < -0.3 is 24.8 Å². The molecule has 2 atom stereocenters. The molecule has 8 nitrogen and oxygen atoms in total. The van der Waals surface area contributed by atoms with Crippen molar-refractivity contribution in [1.82, 2.24) is 19.8 Å². The summed E-state index contributed by atoms with van der Waals surface area (Å²) in [5.74, 6) is -0.507. The topological polar surface area (TPSA) is 88.5 Å². The van der Waals surface area contributed by atoms with Crippen molar-refractivity contribution in [1.29, 1.82) is 0 Å². The molecule has 204 valence electrons. The largest absolute Gasteiger partial charge is 0.465 e. The normalized spacial score (nSPS) is 16.4. The number of nitrogens with zero attached hydrogens (tertiary/aromatic N) is 3. The zero-order valence-corrected chi connectivity index (χ0v) is 23.2. The predicted octanol–water partition coefficient (Wildman–Crippen LogP) is 5.22. The highest BCUT2D eigenvalue weighted by molar-refractivity contribution is 7.80. The van der Waals surface area contributed by atoms with Gasteiger partial charge in [-0.05, 0) is 66.7 Å². The van der Waals surface area contributed by atoms with Gasteiger partial charge in [0.2, 0.25) is 5.91 Å².